The van der Waals surface area contributed by atoms with Crippen molar-refractivity contribution in [1.29, 1.82) is 0 Å². The minimum absolute atomic E-state index is 0.726. The molecule has 102 valence electrons. The number of benzene rings is 1. The van der Waals surface area contributed by atoms with E-state index in [1.54, 1.807) is 24.9 Å². The Labute approximate surface area is 111 Å². The topological polar surface area (TPSA) is 21.3 Å². The van der Waals surface area contributed by atoms with Crippen molar-refractivity contribution in [2.45, 2.75) is 17.7 Å². The summed E-state index contributed by atoms with van der Waals surface area (Å²) in [7, 11) is 1.68. The number of rotatable bonds is 9. The second-order valence-corrected chi connectivity index (χ2v) is 5.04. The van der Waals surface area contributed by atoms with Crippen molar-refractivity contribution in [1.82, 2.24) is 5.32 Å². The highest BCUT2D eigenvalue weighted by molar-refractivity contribution is 7.99. The number of thioether (sulfide) groups is 1. The average molecular weight is 275 g/mol. The summed E-state index contributed by atoms with van der Waals surface area (Å²) in [5.74, 6) is -0.653. The van der Waals surface area contributed by atoms with Gasteiger partial charge in [-0.1, -0.05) is 0 Å². The maximum atomic E-state index is 12.9. The van der Waals surface area contributed by atoms with Gasteiger partial charge < -0.3 is 10.1 Å². The average Bonchev–Trinajstić information content (AvgIpc) is 2.37. The van der Waals surface area contributed by atoms with Crippen molar-refractivity contribution in [2.24, 2.45) is 0 Å². The number of methoxy groups -OCH3 is 1. The van der Waals surface area contributed by atoms with Crippen LogP contribution in [0.2, 0.25) is 0 Å². The predicted molar refractivity (Wildman–Crippen MR) is 71.1 cm³/mol. The van der Waals surface area contributed by atoms with E-state index in [2.05, 4.69) is 5.32 Å². The van der Waals surface area contributed by atoms with Crippen molar-refractivity contribution in [3.8, 4) is 0 Å². The van der Waals surface area contributed by atoms with Gasteiger partial charge in [0.05, 0.1) is 6.61 Å². The lowest BCUT2D eigenvalue weighted by atomic mass is 10.3. The van der Waals surface area contributed by atoms with Gasteiger partial charge in [-0.25, -0.2) is 8.78 Å². The van der Waals surface area contributed by atoms with Gasteiger partial charge in [-0.3, -0.25) is 0 Å². The quantitative estimate of drug-likeness (QED) is 0.553. The van der Waals surface area contributed by atoms with Gasteiger partial charge in [0.1, 0.15) is 0 Å². The first kappa shape index (κ1) is 15.4. The Morgan fingerprint density at radius 1 is 1.17 bits per heavy atom. The zero-order valence-electron chi connectivity index (χ0n) is 10.5. The Bertz CT molecular complexity index is 350. The van der Waals surface area contributed by atoms with E-state index in [4.69, 9.17) is 4.74 Å². The minimum atomic E-state index is -0.790. The zero-order valence-corrected chi connectivity index (χ0v) is 11.4. The Morgan fingerprint density at radius 2 is 2.00 bits per heavy atom. The number of halogens is 2. The third-order valence-corrected chi connectivity index (χ3v) is 3.47. The summed E-state index contributed by atoms with van der Waals surface area (Å²) in [6.45, 7) is 2.55. The van der Waals surface area contributed by atoms with Crippen LogP contribution >= 0.6 is 11.8 Å². The molecule has 0 aliphatic heterocycles. The Kier molecular flexibility index (Phi) is 7.96. The molecule has 0 unspecified atom stereocenters. The molecule has 0 radical (unpaired) electrons. The molecule has 0 aromatic heterocycles. The molecule has 0 bridgehead atoms. The van der Waals surface area contributed by atoms with Gasteiger partial charge >= 0.3 is 0 Å². The molecule has 1 aromatic carbocycles. The summed E-state index contributed by atoms with van der Waals surface area (Å²) < 4.78 is 30.5. The second-order valence-electron chi connectivity index (χ2n) is 3.87. The van der Waals surface area contributed by atoms with Crippen LogP contribution in [-0.2, 0) is 4.74 Å². The van der Waals surface area contributed by atoms with Crippen LogP contribution in [0, 0.1) is 11.6 Å². The monoisotopic (exact) mass is 275 g/mol. The lowest BCUT2D eigenvalue weighted by molar-refractivity contribution is 0.199. The first-order chi connectivity index (χ1) is 8.74. The van der Waals surface area contributed by atoms with E-state index in [1.807, 2.05) is 0 Å². The minimum Gasteiger partial charge on any atom is -0.383 e. The van der Waals surface area contributed by atoms with Crippen LogP contribution in [-0.4, -0.2) is 32.6 Å². The molecule has 0 fully saturated rings. The number of hydrogen-bond donors (Lipinski definition) is 1. The first-order valence-electron chi connectivity index (χ1n) is 6.01. The molecule has 1 rings (SSSR count). The number of nitrogens with one attached hydrogen (secondary N) is 1. The van der Waals surface area contributed by atoms with Gasteiger partial charge in [-0.05, 0) is 43.3 Å². The Morgan fingerprint density at radius 3 is 2.72 bits per heavy atom. The Balaban J connectivity index is 2.05. The third-order valence-electron chi connectivity index (χ3n) is 2.39. The molecule has 0 amide bonds. The fourth-order valence-electron chi connectivity index (χ4n) is 1.41. The van der Waals surface area contributed by atoms with Crippen LogP contribution in [0.3, 0.4) is 0 Å². The molecule has 1 aromatic rings. The second kappa shape index (κ2) is 9.30. The van der Waals surface area contributed by atoms with Crippen molar-refractivity contribution in [3.05, 3.63) is 29.8 Å². The van der Waals surface area contributed by atoms with Crippen LogP contribution in [0.25, 0.3) is 0 Å². The number of ether oxygens (including phenoxy) is 1. The largest absolute Gasteiger partial charge is 0.383 e. The normalized spacial score (nSPS) is 10.8. The van der Waals surface area contributed by atoms with Crippen LogP contribution < -0.4 is 5.32 Å². The third kappa shape index (κ3) is 6.33. The van der Waals surface area contributed by atoms with E-state index in [0.717, 1.165) is 43.2 Å². The molecule has 0 atom stereocenters. The maximum absolute atomic E-state index is 12.9. The van der Waals surface area contributed by atoms with Gasteiger partial charge in [-0.15, -0.1) is 11.8 Å². The lowest BCUT2D eigenvalue weighted by Gasteiger charge is -2.04. The number of hydrogen-bond acceptors (Lipinski definition) is 3. The van der Waals surface area contributed by atoms with Gasteiger partial charge in [0, 0.05) is 18.6 Å². The maximum Gasteiger partial charge on any atom is 0.159 e. The Hall–Kier alpha value is -0.650. The highest BCUT2D eigenvalue weighted by Gasteiger charge is 2.02. The van der Waals surface area contributed by atoms with Crippen LogP contribution in [0.15, 0.2) is 23.1 Å². The van der Waals surface area contributed by atoms with E-state index >= 15 is 0 Å². The summed E-state index contributed by atoms with van der Waals surface area (Å²) in [6.07, 6.45) is 2.12. The SMILES string of the molecule is COCCNCCCCSc1ccc(F)c(F)c1. The van der Waals surface area contributed by atoms with Crippen molar-refractivity contribution >= 4 is 11.8 Å². The van der Waals surface area contributed by atoms with Crippen molar-refractivity contribution < 1.29 is 13.5 Å². The fraction of sp³-hybridized carbons (Fsp3) is 0.538. The molecule has 0 saturated heterocycles. The van der Waals surface area contributed by atoms with E-state index in [0.29, 0.717) is 0 Å². The predicted octanol–water partition coefficient (Wildman–Crippen LogP) is 3.07. The zero-order chi connectivity index (χ0) is 13.2. The van der Waals surface area contributed by atoms with Gasteiger partial charge in [0.2, 0.25) is 0 Å². The number of unbranched alkanes of at least 4 members (excludes halogenated alkanes) is 1. The van der Waals surface area contributed by atoms with E-state index in [-0.39, 0.29) is 0 Å². The first-order valence-corrected chi connectivity index (χ1v) is 7.00. The molecule has 2 nitrogen and oxygen atoms in total. The smallest absolute Gasteiger partial charge is 0.159 e. The van der Waals surface area contributed by atoms with Gasteiger partial charge in [0.15, 0.2) is 11.6 Å². The highest BCUT2D eigenvalue weighted by Crippen LogP contribution is 2.21. The van der Waals surface area contributed by atoms with E-state index in [9.17, 15) is 8.78 Å². The lowest BCUT2D eigenvalue weighted by Crippen LogP contribution is -2.20. The van der Waals surface area contributed by atoms with E-state index < -0.39 is 11.6 Å². The summed E-state index contributed by atoms with van der Waals surface area (Å²) >= 11 is 1.55. The summed E-state index contributed by atoms with van der Waals surface area (Å²) in [5, 5.41) is 3.26. The molecule has 5 heteroatoms. The molecule has 0 saturated carbocycles. The molecular formula is C13H19F2NOS. The summed E-state index contributed by atoms with van der Waals surface area (Å²) in [5.41, 5.74) is 0. The molecule has 0 spiro atoms. The molecule has 0 aliphatic rings. The van der Waals surface area contributed by atoms with Crippen molar-refractivity contribution in [2.75, 3.05) is 32.6 Å². The van der Waals surface area contributed by atoms with Crippen LogP contribution in [0.1, 0.15) is 12.8 Å². The molecular weight excluding hydrogens is 256 g/mol. The molecule has 18 heavy (non-hydrogen) atoms. The molecule has 0 heterocycles. The van der Waals surface area contributed by atoms with Gasteiger partial charge in [0.25, 0.3) is 0 Å². The van der Waals surface area contributed by atoms with Crippen molar-refractivity contribution in [3.63, 3.8) is 0 Å². The fourth-order valence-corrected chi connectivity index (χ4v) is 2.34. The van der Waals surface area contributed by atoms with Crippen LogP contribution in [0.4, 0.5) is 8.78 Å². The van der Waals surface area contributed by atoms with Gasteiger partial charge in [-0.2, -0.15) is 0 Å². The van der Waals surface area contributed by atoms with Crippen LogP contribution in [0.5, 0.6) is 0 Å². The highest BCUT2D eigenvalue weighted by atomic mass is 32.2. The standard InChI is InChI=1S/C13H19F2NOS/c1-17-8-7-16-6-2-3-9-18-11-4-5-12(14)13(15)10-11/h4-5,10,16H,2-3,6-9H2,1H3. The van der Waals surface area contributed by atoms with E-state index in [1.165, 1.54) is 12.1 Å². The molecule has 0 aliphatic carbocycles. The molecule has 1 N–H and O–H groups in total. The summed E-state index contributed by atoms with van der Waals surface area (Å²) in [6, 6.07) is 4.03. The summed E-state index contributed by atoms with van der Waals surface area (Å²) in [4.78, 5) is 0.779.